The van der Waals surface area contributed by atoms with Gasteiger partial charge in [-0.25, -0.2) is 4.79 Å². The van der Waals surface area contributed by atoms with Crippen LogP contribution in [0.5, 0.6) is 0 Å². The lowest BCUT2D eigenvalue weighted by Gasteiger charge is -2.00. The molecule has 0 aliphatic carbocycles. The predicted octanol–water partition coefficient (Wildman–Crippen LogP) is 4.07. The second-order valence-electron chi connectivity index (χ2n) is 5.08. The molecule has 0 amide bonds. The van der Waals surface area contributed by atoms with Gasteiger partial charge in [-0.05, 0) is 54.5 Å². The molecule has 0 saturated heterocycles. The lowest BCUT2D eigenvalue weighted by molar-refractivity contribution is 0.0526. The van der Waals surface area contributed by atoms with Crippen LogP contribution < -0.4 is 0 Å². The van der Waals surface area contributed by atoms with E-state index in [2.05, 4.69) is 11.8 Å². The third-order valence-electron chi connectivity index (χ3n) is 3.26. The maximum absolute atomic E-state index is 11.6. The largest absolute Gasteiger partial charge is 0.462 e. The molecular formula is C21H20O3. The topological polar surface area (TPSA) is 35.5 Å². The Morgan fingerprint density at radius 3 is 2.42 bits per heavy atom. The number of esters is 1. The summed E-state index contributed by atoms with van der Waals surface area (Å²) < 4.78 is 10.0. The van der Waals surface area contributed by atoms with Gasteiger partial charge in [-0.1, -0.05) is 36.1 Å². The summed E-state index contributed by atoms with van der Waals surface area (Å²) in [5.41, 5.74) is 3.61. The highest BCUT2D eigenvalue weighted by Crippen LogP contribution is 2.07. The first-order chi connectivity index (χ1) is 11.7. The van der Waals surface area contributed by atoms with Crippen molar-refractivity contribution in [2.45, 2.75) is 13.5 Å². The van der Waals surface area contributed by atoms with Crippen molar-refractivity contribution >= 4 is 12.0 Å². The number of benzene rings is 2. The minimum Gasteiger partial charge on any atom is -0.462 e. The van der Waals surface area contributed by atoms with Crippen LogP contribution in [0.15, 0.2) is 54.6 Å². The van der Waals surface area contributed by atoms with E-state index in [0.717, 1.165) is 16.7 Å². The minimum atomic E-state index is -0.311. The standard InChI is InChI=1S/C21H20O3/c1-3-24-21(22)20-14-12-18(13-15-20)7-5-4-6-17-8-10-19(11-9-17)16-23-2/h4,6,8-15H,3,16H2,1-2H3. The summed E-state index contributed by atoms with van der Waals surface area (Å²) in [7, 11) is 1.68. The molecule has 2 rings (SSSR count). The lowest BCUT2D eigenvalue weighted by atomic mass is 10.1. The van der Waals surface area contributed by atoms with Crippen molar-refractivity contribution in [2.75, 3.05) is 13.7 Å². The molecule has 122 valence electrons. The second-order valence-corrected chi connectivity index (χ2v) is 5.08. The van der Waals surface area contributed by atoms with Gasteiger partial charge in [-0.2, -0.15) is 0 Å². The molecule has 2 aromatic carbocycles. The van der Waals surface area contributed by atoms with Gasteiger partial charge in [0.15, 0.2) is 0 Å². The Labute approximate surface area is 142 Å². The second kappa shape index (κ2) is 9.34. The Hall–Kier alpha value is -2.83. The van der Waals surface area contributed by atoms with E-state index >= 15 is 0 Å². The van der Waals surface area contributed by atoms with E-state index in [9.17, 15) is 4.79 Å². The molecule has 0 aliphatic rings. The summed E-state index contributed by atoms with van der Waals surface area (Å²) in [6, 6.07) is 15.2. The Morgan fingerprint density at radius 1 is 1.08 bits per heavy atom. The number of carbonyl (C=O) groups excluding carboxylic acids is 1. The van der Waals surface area contributed by atoms with Crippen LogP contribution in [0.25, 0.3) is 6.08 Å². The third-order valence-corrected chi connectivity index (χ3v) is 3.26. The molecule has 0 N–H and O–H groups in total. The normalized spacial score (nSPS) is 10.2. The fourth-order valence-electron chi connectivity index (χ4n) is 2.06. The summed E-state index contributed by atoms with van der Waals surface area (Å²) in [5, 5.41) is 0. The Balaban J connectivity index is 1.95. The zero-order valence-corrected chi connectivity index (χ0v) is 13.9. The van der Waals surface area contributed by atoms with Crippen LogP contribution in [0.1, 0.15) is 34.0 Å². The summed E-state index contributed by atoms with van der Waals surface area (Å²) in [6.45, 7) is 2.78. The minimum absolute atomic E-state index is 0.311. The fraction of sp³-hybridized carbons (Fsp3) is 0.190. The molecule has 0 aromatic heterocycles. The molecule has 0 atom stereocenters. The Kier molecular flexibility index (Phi) is 6.82. The van der Waals surface area contributed by atoms with Crippen LogP contribution >= 0.6 is 0 Å². The van der Waals surface area contributed by atoms with Crippen LogP contribution in [0.3, 0.4) is 0 Å². The molecule has 2 aromatic rings. The van der Waals surface area contributed by atoms with Gasteiger partial charge in [0.1, 0.15) is 0 Å². The van der Waals surface area contributed by atoms with Crippen molar-refractivity contribution in [3.05, 3.63) is 76.9 Å². The maximum Gasteiger partial charge on any atom is 0.338 e. The lowest BCUT2D eigenvalue weighted by Crippen LogP contribution is -2.03. The fourth-order valence-corrected chi connectivity index (χ4v) is 2.06. The van der Waals surface area contributed by atoms with Gasteiger partial charge in [0, 0.05) is 12.7 Å². The van der Waals surface area contributed by atoms with E-state index in [-0.39, 0.29) is 5.97 Å². The summed E-state index contributed by atoms with van der Waals surface area (Å²) in [4.78, 5) is 11.6. The summed E-state index contributed by atoms with van der Waals surface area (Å²) in [6.07, 6.45) is 3.77. The highest BCUT2D eigenvalue weighted by molar-refractivity contribution is 5.89. The van der Waals surface area contributed by atoms with Gasteiger partial charge in [0.05, 0.1) is 18.8 Å². The van der Waals surface area contributed by atoms with E-state index in [1.54, 1.807) is 26.2 Å². The van der Waals surface area contributed by atoms with Gasteiger partial charge in [0.25, 0.3) is 0 Å². The molecule has 0 aliphatic heterocycles. The third kappa shape index (κ3) is 5.42. The molecule has 0 saturated carbocycles. The van der Waals surface area contributed by atoms with Gasteiger partial charge >= 0.3 is 5.97 Å². The Bertz CT molecular complexity index is 744. The van der Waals surface area contributed by atoms with Crippen LogP contribution in [0, 0.1) is 11.8 Å². The van der Waals surface area contributed by atoms with Crippen molar-refractivity contribution in [2.24, 2.45) is 0 Å². The van der Waals surface area contributed by atoms with Crippen molar-refractivity contribution in [1.82, 2.24) is 0 Å². The molecule has 0 radical (unpaired) electrons. The van der Waals surface area contributed by atoms with Crippen molar-refractivity contribution in [3.63, 3.8) is 0 Å². The molecule has 0 heterocycles. The number of allylic oxidation sites excluding steroid dienone is 1. The number of methoxy groups -OCH3 is 1. The van der Waals surface area contributed by atoms with Crippen molar-refractivity contribution in [3.8, 4) is 11.8 Å². The first kappa shape index (κ1) is 17.5. The van der Waals surface area contributed by atoms with Gasteiger partial charge < -0.3 is 9.47 Å². The highest BCUT2D eigenvalue weighted by atomic mass is 16.5. The van der Waals surface area contributed by atoms with E-state index < -0.39 is 0 Å². The number of ether oxygens (including phenoxy) is 2. The molecule has 0 unspecified atom stereocenters. The van der Waals surface area contributed by atoms with Crippen LogP contribution in [-0.4, -0.2) is 19.7 Å². The quantitative estimate of drug-likeness (QED) is 0.615. The molecule has 3 heteroatoms. The molecule has 0 bridgehead atoms. The predicted molar refractivity (Wildman–Crippen MR) is 95.5 cm³/mol. The molecule has 0 fully saturated rings. The van der Waals surface area contributed by atoms with Crippen molar-refractivity contribution < 1.29 is 14.3 Å². The van der Waals surface area contributed by atoms with Crippen LogP contribution in [0.4, 0.5) is 0 Å². The first-order valence-electron chi connectivity index (χ1n) is 7.76. The Morgan fingerprint density at radius 2 is 1.79 bits per heavy atom. The molecule has 0 spiro atoms. The van der Waals surface area contributed by atoms with Crippen LogP contribution in [0.2, 0.25) is 0 Å². The smallest absolute Gasteiger partial charge is 0.338 e. The number of hydrogen-bond acceptors (Lipinski definition) is 3. The molecular weight excluding hydrogens is 300 g/mol. The maximum atomic E-state index is 11.6. The van der Waals surface area contributed by atoms with E-state index in [4.69, 9.17) is 9.47 Å². The number of carbonyl (C=O) groups is 1. The molecule has 24 heavy (non-hydrogen) atoms. The number of rotatable bonds is 5. The van der Waals surface area contributed by atoms with Gasteiger partial charge in [-0.3, -0.25) is 0 Å². The summed E-state index contributed by atoms with van der Waals surface area (Å²) >= 11 is 0. The summed E-state index contributed by atoms with van der Waals surface area (Å²) in [5.74, 6) is 5.72. The number of hydrogen-bond donors (Lipinski definition) is 0. The van der Waals surface area contributed by atoms with Gasteiger partial charge in [-0.15, -0.1) is 0 Å². The average molecular weight is 320 g/mol. The average Bonchev–Trinajstić information content (AvgIpc) is 2.61. The van der Waals surface area contributed by atoms with E-state index in [0.29, 0.717) is 18.8 Å². The van der Waals surface area contributed by atoms with Crippen LogP contribution in [-0.2, 0) is 16.1 Å². The monoisotopic (exact) mass is 320 g/mol. The van der Waals surface area contributed by atoms with Gasteiger partial charge in [0.2, 0.25) is 0 Å². The molecule has 3 nitrogen and oxygen atoms in total. The van der Waals surface area contributed by atoms with E-state index in [1.807, 2.05) is 48.6 Å². The first-order valence-corrected chi connectivity index (χ1v) is 7.76. The van der Waals surface area contributed by atoms with Crippen molar-refractivity contribution in [1.29, 1.82) is 0 Å². The SMILES string of the molecule is CCOC(=O)c1ccc(C#CC=Cc2ccc(COC)cc2)cc1. The zero-order chi connectivity index (χ0) is 17.2. The zero-order valence-electron chi connectivity index (χ0n) is 13.9. The van der Waals surface area contributed by atoms with E-state index in [1.165, 1.54) is 0 Å². The highest BCUT2D eigenvalue weighted by Gasteiger charge is 2.04.